The Morgan fingerprint density at radius 3 is 2.79 bits per heavy atom. The number of hydrogen-bond acceptors (Lipinski definition) is 3. The predicted molar refractivity (Wildman–Crippen MR) is 60.8 cm³/mol. The van der Waals surface area contributed by atoms with Gasteiger partial charge in [0.15, 0.2) is 0 Å². The number of rotatable bonds is 3. The van der Waals surface area contributed by atoms with Crippen LogP contribution in [0, 0.1) is 18.3 Å². The summed E-state index contributed by atoms with van der Waals surface area (Å²) in [4.78, 5) is 4.59. The number of hydrogen-bond donors (Lipinski definition) is 1. The van der Waals surface area contributed by atoms with Crippen LogP contribution in [0.5, 0.6) is 0 Å². The standard InChI is InChI=1S/C11H18N2S/c1-7-13-9(6-14-7)10-8(5-12-4)11(10,2)3/h6,8,10,12H,5H2,1-4H3. The highest BCUT2D eigenvalue weighted by Crippen LogP contribution is 2.63. The maximum atomic E-state index is 4.59. The molecule has 0 radical (unpaired) electrons. The Kier molecular flexibility index (Phi) is 2.40. The van der Waals surface area contributed by atoms with Crippen LogP contribution in [0.15, 0.2) is 5.38 Å². The molecule has 1 aromatic rings. The summed E-state index contributed by atoms with van der Waals surface area (Å²) < 4.78 is 0. The van der Waals surface area contributed by atoms with Crippen molar-refractivity contribution in [2.45, 2.75) is 26.7 Å². The SMILES string of the molecule is CNCC1C(c2csc(C)n2)C1(C)C. The Morgan fingerprint density at radius 2 is 2.29 bits per heavy atom. The minimum Gasteiger partial charge on any atom is -0.319 e. The molecule has 0 aliphatic heterocycles. The fourth-order valence-corrected chi connectivity index (χ4v) is 3.10. The third-order valence-corrected chi connectivity index (χ3v) is 4.22. The van der Waals surface area contributed by atoms with Crippen LogP contribution in [-0.4, -0.2) is 18.6 Å². The van der Waals surface area contributed by atoms with E-state index in [4.69, 9.17) is 0 Å². The molecule has 1 saturated carbocycles. The summed E-state index contributed by atoms with van der Waals surface area (Å²) in [5.41, 5.74) is 1.74. The highest BCUT2D eigenvalue weighted by atomic mass is 32.1. The van der Waals surface area contributed by atoms with Gasteiger partial charge in [0.05, 0.1) is 10.7 Å². The maximum absolute atomic E-state index is 4.59. The lowest BCUT2D eigenvalue weighted by Gasteiger charge is -1.99. The molecule has 2 nitrogen and oxygen atoms in total. The number of nitrogens with one attached hydrogen (secondary N) is 1. The van der Waals surface area contributed by atoms with Crippen molar-refractivity contribution in [3.05, 3.63) is 16.1 Å². The molecule has 1 fully saturated rings. The van der Waals surface area contributed by atoms with Crippen LogP contribution >= 0.6 is 11.3 Å². The summed E-state index contributed by atoms with van der Waals surface area (Å²) in [5.74, 6) is 1.42. The summed E-state index contributed by atoms with van der Waals surface area (Å²) in [6.07, 6.45) is 0. The van der Waals surface area contributed by atoms with Gasteiger partial charge in [0.25, 0.3) is 0 Å². The zero-order valence-electron chi connectivity index (χ0n) is 9.29. The van der Waals surface area contributed by atoms with E-state index in [2.05, 4.69) is 36.5 Å². The van der Waals surface area contributed by atoms with Crippen molar-refractivity contribution in [2.24, 2.45) is 11.3 Å². The van der Waals surface area contributed by atoms with E-state index in [0.29, 0.717) is 11.3 Å². The van der Waals surface area contributed by atoms with E-state index in [1.165, 1.54) is 10.7 Å². The molecule has 0 bridgehead atoms. The van der Waals surface area contributed by atoms with Crippen molar-refractivity contribution in [2.75, 3.05) is 13.6 Å². The first-order valence-corrected chi connectivity index (χ1v) is 6.02. The van der Waals surface area contributed by atoms with E-state index in [-0.39, 0.29) is 0 Å². The van der Waals surface area contributed by atoms with Crippen molar-refractivity contribution in [3.63, 3.8) is 0 Å². The molecule has 2 unspecified atom stereocenters. The van der Waals surface area contributed by atoms with Crippen molar-refractivity contribution in [1.82, 2.24) is 10.3 Å². The van der Waals surface area contributed by atoms with Crippen LogP contribution < -0.4 is 5.32 Å². The lowest BCUT2D eigenvalue weighted by molar-refractivity contribution is 0.536. The van der Waals surface area contributed by atoms with E-state index >= 15 is 0 Å². The Morgan fingerprint density at radius 1 is 1.57 bits per heavy atom. The van der Waals surface area contributed by atoms with E-state index in [1.54, 1.807) is 11.3 Å². The Balaban J connectivity index is 2.14. The zero-order valence-corrected chi connectivity index (χ0v) is 10.1. The molecule has 1 aromatic heterocycles. The molecule has 0 saturated heterocycles. The second-order valence-electron chi connectivity index (χ2n) is 4.75. The lowest BCUT2D eigenvalue weighted by Crippen LogP contribution is -2.12. The van der Waals surface area contributed by atoms with Crippen LogP contribution in [0.2, 0.25) is 0 Å². The van der Waals surface area contributed by atoms with Gasteiger partial charge in [-0.25, -0.2) is 4.98 Å². The van der Waals surface area contributed by atoms with Crippen LogP contribution in [0.4, 0.5) is 0 Å². The Hall–Kier alpha value is -0.410. The highest BCUT2D eigenvalue weighted by molar-refractivity contribution is 7.09. The number of aryl methyl sites for hydroxylation is 1. The third kappa shape index (κ3) is 1.48. The number of nitrogens with zero attached hydrogens (tertiary/aromatic N) is 1. The van der Waals surface area contributed by atoms with Gasteiger partial charge in [-0.1, -0.05) is 13.8 Å². The third-order valence-electron chi connectivity index (χ3n) is 3.43. The van der Waals surface area contributed by atoms with Gasteiger partial charge in [0.1, 0.15) is 0 Å². The van der Waals surface area contributed by atoms with E-state index in [9.17, 15) is 0 Å². The van der Waals surface area contributed by atoms with Crippen LogP contribution in [0.1, 0.15) is 30.5 Å². The van der Waals surface area contributed by atoms with Crippen molar-refractivity contribution in [3.8, 4) is 0 Å². The summed E-state index contributed by atoms with van der Waals surface area (Å²) in [7, 11) is 2.03. The summed E-state index contributed by atoms with van der Waals surface area (Å²) in [5, 5.41) is 6.67. The van der Waals surface area contributed by atoms with Gasteiger partial charge in [-0.2, -0.15) is 0 Å². The molecule has 1 N–H and O–H groups in total. The van der Waals surface area contributed by atoms with Gasteiger partial charge < -0.3 is 5.32 Å². The molecule has 0 aromatic carbocycles. The molecule has 0 amide bonds. The van der Waals surface area contributed by atoms with Crippen molar-refractivity contribution in [1.29, 1.82) is 0 Å². The monoisotopic (exact) mass is 210 g/mol. The van der Waals surface area contributed by atoms with Gasteiger partial charge >= 0.3 is 0 Å². The number of thiazole rings is 1. The molecule has 1 aliphatic carbocycles. The smallest absolute Gasteiger partial charge is 0.0897 e. The summed E-state index contributed by atoms with van der Waals surface area (Å²) in [6, 6.07) is 0. The molecule has 78 valence electrons. The lowest BCUT2D eigenvalue weighted by atomic mass is 10.1. The minimum atomic E-state index is 0.434. The van der Waals surface area contributed by atoms with Gasteiger partial charge in [0.2, 0.25) is 0 Å². The average Bonchev–Trinajstić information content (AvgIpc) is 2.46. The van der Waals surface area contributed by atoms with Gasteiger partial charge in [0, 0.05) is 11.3 Å². The normalized spacial score (nSPS) is 29.1. The fraction of sp³-hybridized carbons (Fsp3) is 0.727. The van der Waals surface area contributed by atoms with Gasteiger partial charge in [-0.15, -0.1) is 11.3 Å². The zero-order chi connectivity index (χ0) is 10.3. The van der Waals surface area contributed by atoms with Crippen LogP contribution in [-0.2, 0) is 0 Å². The van der Waals surface area contributed by atoms with E-state index < -0.39 is 0 Å². The fourth-order valence-electron chi connectivity index (χ4n) is 2.46. The quantitative estimate of drug-likeness (QED) is 0.828. The molecular weight excluding hydrogens is 192 g/mol. The maximum Gasteiger partial charge on any atom is 0.0897 e. The average molecular weight is 210 g/mol. The molecule has 2 rings (SSSR count). The molecular formula is C11H18N2S. The summed E-state index contributed by atoms with van der Waals surface area (Å²) in [6.45, 7) is 7.87. The van der Waals surface area contributed by atoms with Crippen LogP contribution in [0.3, 0.4) is 0 Å². The molecule has 14 heavy (non-hydrogen) atoms. The second kappa shape index (κ2) is 3.31. The molecule has 0 spiro atoms. The first-order valence-electron chi connectivity index (χ1n) is 5.14. The predicted octanol–water partition coefficient (Wildman–Crippen LogP) is 2.41. The van der Waals surface area contributed by atoms with Gasteiger partial charge in [-0.05, 0) is 31.8 Å². The molecule has 3 heteroatoms. The van der Waals surface area contributed by atoms with Crippen molar-refractivity contribution < 1.29 is 0 Å². The molecule has 1 heterocycles. The second-order valence-corrected chi connectivity index (χ2v) is 5.82. The van der Waals surface area contributed by atoms with E-state index in [1.807, 2.05) is 7.05 Å². The van der Waals surface area contributed by atoms with Gasteiger partial charge in [-0.3, -0.25) is 0 Å². The first-order chi connectivity index (χ1) is 6.57. The summed E-state index contributed by atoms with van der Waals surface area (Å²) >= 11 is 1.76. The number of aromatic nitrogens is 1. The largest absolute Gasteiger partial charge is 0.319 e. The van der Waals surface area contributed by atoms with Crippen LogP contribution in [0.25, 0.3) is 0 Å². The van der Waals surface area contributed by atoms with Crippen molar-refractivity contribution >= 4 is 11.3 Å². The van der Waals surface area contributed by atoms with E-state index in [0.717, 1.165) is 12.5 Å². The molecule has 1 aliphatic rings. The highest BCUT2D eigenvalue weighted by Gasteiger charge is 2.58. The Labute approximate surface area is 89.8 Å². The Bertz CT molecular complexity index is 330. The topological polar surface area (TPSA) is 24.9 Å². The molecule has 2 atom stereocenters. The first kappa shape index (κ1) is 10.1. The minimum absolute atomic E-state index is 0.434.